The molecule has 0 radical (unpaired) electrons. The Bertz CT molecular complexity index is 760. The van der Waals surface area contributed by atoms with Crippen LogP contribution in [0.1, 0.15) is 15.9 Å². The van der Waals surface area contributed by atoms with Crippen LogP contribution in [0, 0.1) is 11.3 Å². The second kappa shape index (κ2) is 9.91. The quantitative estimate of drug-likeness (QED) is 0.398. The third kappa shape index (κ3) is 5.79. The molecule has 2 aromatic rings. The van der Waals surface area contributed by atoms with Crippen molar-refractivity contribution in [2.75, 3.05) is 26.9 Å². The van der Waals surface area contributed by atoms with Gasteiger partial charge in [0.05, 0.1) is 6.61 Å². The normalized spacial score (nSPS) is 10.4. The second-order valence-electron chi connectivity index (χ2n) is 5.05. The number of carbonyl (C=O) groups is 1. The van der Waals surface area contributed by atoms with Crippen molar-refractivity contribution < 1.29 is 19.0 Å². The smallest absolute Gasteiger partial charge is 0.185 e. The number of benzene rings is 2. The molecule has 0 atom stereocenters. The zero-order chi connectivity index (χ0) is 17.9. The minimum absolute atomic E-state index is 0.0384. The van der Waals surface area contributed by atoms with Gasteiger partial charge in [0.1, 0.15) is 24.2 Å². The lowest BCUT2D eigenvalue weighted by atomic mass is 10.1. The van der Waals surface area contributed by atoms with E-state index in [0.29, 0.717) is 30.3 Å². The molecule has 0 fully saturated rings. The van der Waals surface area contributed by atoms with Crippen LogP contribution in [0.3, 0.4) is 0 Å². The summed E-state index contributed by atoms with van der Waals surface area (Å²) < 4.78 is 15.7. The lowest BCUT2D eigenvalue weighted by molar-refractivity contribution is 0.104. The lowest BCUT2D eigenvalue weighted by Crippen LogP contribution is -2.04. The fourth-order valence-corrected chi connectivity index (χ4v) is 2.08. The Morgan fingerprint density at radius 2 is 1.84 bits per heavy atom. The zero-order valence-corrected chi connectivity index (χ0v) is 14.0. The molecule has 0 amide bonds. The first kappa shape index (κ1) is 18.2. The van der Waals surface area contributed by atoms with E-state index in [1.54, 1.807) is 43.5 Å². The Kier molecular flexibility index (Phi) is 7.23. The van der Waals surface area contributed by atoms with E-state index in [1.165, 1.54) is 6.08 Å². The number of carbonyl (C=O) groups excluding carboxylic acids is 1. The van der Waals surface area contributed by atoms with Gasteiger partial charge < -0.3 is 14.2 Å². The topological polar surface area (TPSA) is 68.6 Å². The largest absolute Gasteiger partial charge is 0.491 e. The molecule has 0 heterocycles. The molecule has 0 spiro atoms. The van der Waals surface area contributed by atoms with Gasteiger partial charge in [0.15, 0.2) is 12.4 Å². The molecule has 0 aromatic heterocycles. The van der Waals surface area contributed by atoms with Crippen LogP contribution < -0.4 is 9.47 Å². The summed E-state index contributed by atoms with van der Waals surface area (Å²) in [7, 11) is 1.61. The number of methoxy groups -OCH3 is 1. The van der Waals surface area contributed by atoms with E-state index in [0.717, 1.165) is 5.56 Å². The maximum atomic E-state index is 12.3. The highest BCUT2D eigenvalue weighted by molar-refractivity contribution is 6.07. The van der Waals surface area contributed by atoms with Gasteiger partial charge in [-0.3, -0.25) is 4.79 Å². The van der Waals surface area contributed by atoms with Gasteiger partial charge in [-0.25, -0.2) is 0 Å². The highest BCUT2D eigenvalue weighted by Gasteiger charge is 2.04. The first-order chi connectivity index (χ1) is 12.2. The van der Waals surface area contributed by atoms with Gasteiger partial charge in [-0.15, -0.1) is 0 Å². The van der Waals surface area contributed by atoms with Crippen LogP contribution in [-0.4, -0.2) is 32.7 Å². The molecule has 25 heavy (non-hydrogen) atoms. The molecule has 5 heteroatoms. The molecule has 0 aliphatic rings. The molecular weight excluding hydrogens is 318 g/mol. The number of allylic oxidation sites excluding steroid dienone is 1. The van der Waals surface area contributed by atoms with E-state index < -0.39 is 0 Å². The highest BCUT2D eigenvalue weighted by Crippen LogP contribution is 2.20. The van der Waals surface area contributed by atoms with Crippen molar-refractivity contribution in [2.24, 2.45) is 0 Å². The first-order valence-corrected chi connectivity index (χ1v) is 7.77. The standard InChI is InChI=1S/C20H19NO4/c1-23-14-15-24-18-9-6-16(7-10-18)19(22)11-8-17-4-2-3-5-20(17)25-13-12-21/h2-11H,13-15H2,1H3/b11-8-. The van der Waals surface area contributed by atoms with Crippen LogP contribution in [0.15, 0.2) is 54.6 Å². The number of hydrogen-bond donors (Lipinski definition) is 0. The van der Waals surface area contributed by atoms with Crippen molar-refractivity contribution in [1.29, 1.82) is 5.26 Å². The van der Waals surface area contributed by atoms with Gasteiger partial charge in [-0.05, 0) is 42.5 Å². The van der Waals surface area contributed by atoms with Crippen LogP contribution >= 0.6 is 0 Å². The number of nitrogens with zero attached hydrogens (tertiary/aromatic N) is 1. The number of nitriles is 1. The van der Waals surface area contributed by atoms with Crippen LogP contribution in [0.4, 0.5) is 0 Å². The molecule has 0 aliphatic carbocycles. The monoisotopic (exact) mass is 337 g/mol. The van der Waals surface area contributed by atoms with Gasteiger partial charge in [0, 0.05) is 18.2 Å². The number of rotatable bonds is 9. The summed E-state index contributed by atoms with van der Waals surface area (Å²) in [4.78, 5) is 12.3. The summed E-state index contributed by atoms with van der Waals surface area (Å²) in [6.07, 6.45) is 3.16. The molecule has 2 aromatic carbocycles. The number of hydrogen-bond acceptors (Lipinski definition) is 5. The van der Waals surface area contributed by atoms with Crippen molar-refractivity contribution in [2.45, 2.75) is 0 Å². The number of ketones is 1. The van der Waals surface area contributed by atoms with Gasteiger partial charge in [0.25, 0.3) is 0 Å². The van der Waals surface area contributed by atoms with Crippen LogP contribution in [-0.2, 0) is 4.74 Å². The summed E-state index contributed by atoms with van der Waals surface area (Å²) in [5.41, 5.74) is 1.30. The third-order valence-corrected chi connectivity index (χ3v) is 3.32. The van der Waals surface area contributed by atoms with Gasteiger partial charge >= 0.3 is 0 Å². The van der Waals surface area contributed by atoms with Crippen LogP contribution in [0.5, 0.6) is 11.5 Å². The Labute approximate surface area is 147 Å². The Morgan fingerprint density at radius 3 is 2.56 bits per heavy atom. The molecule has 0 saturated heterocycles. The summed E-state index contributed by atoms with van der Waals surface area (Å²) in [5.74, 6) is 1.13. The van der Waals surface area contributed by atoms with Crippen molar-refractivity contribution in [3.05, 3.63) is 65.7 Å². The molecule has 0 bridgehead atoms. The van der Waals surface area contributed by atoms with Gasteiger partial charge in [0.2, 0.25) is 0 Å². The maximum Gasteiger partial charge on any atom is 0.185 e. The molecule has 0 N–H and O–H groups in total. The van der Waals surface area contributed by atoms with E-state index in [2.05, 4.69) is 0 Å². The van der Waals surface area contributed by atoms with Crippen LogP contribution in [0.2, 0.25) is 0 Å². The summed E-state index contributed by atoms with van der Waals surface area (Å²) in [6.45, 7) is 0.934. The Balaban J connectivity index is 2.02. The summed E-state index contributed by atoms with van der Waals surface area (Å²) in [6, 6.07) is 16.1. The van der Waals surface area contributed by atoms with E-state index in [9.17, 15) is 4.79 Å². The number of ether oxygens (including phenoxy) is 3. The van der Waals surface area contributed by atoms with Crippen molar-refractivity contribution in [3.63, 3.8) is 0 Å². The minimum Gasteiger partial charge on any atom is -0.491 e. The van der Waals surface area contributed by atoms with E-state index in [-0.39, 0.29) is 12.4 Å². The van der Waals surface area contributed by atoms with Crippen molar-refractivity contribution >= 4 is 11.9 Å². The minimum atomic E-state index is -0.126. The average molecular weight is 337 g/mol. The van der Waals surface area contributed by atoms with Crippen molar-refractivity contribution in [3.8, 4) is 17.6 Å². The molecule has 0 saturated carbocycles. The molecule has 128 valence electrons. The molecular formula is C20H19NO4. The Hall–Kier alpha value is -3.10. The first-order valence-electron chi connectivity index (χ1n) is 7.77. The lowest BCUT2D eigenvalue weighted by Gasteiger charge is -2.06. The highest BCUT2D eigenvalue weighted by atomic mass is 16.5. The van der Waals surface area contributed by atoms with Crippen LogP contribution in [0.25, 0.3) is 6.08 Å². The fraction of sp³-hybridized carbons (Fsp3) is 0.200. The average Bonchev–Trinajstić information content (AvgIpc) is 2.66. The van der Waals surface area contributed by atoms with Crippen molar-refractivity contribution in [1.82, 2.24) is 0 Å². The molecule has 2 rings (SSSR count). The summed E-state index contributed by atoms with van der Waals surface area (Å²) in [5, 5.41) is 8.61. The van der Waals surface area contributed by atoms with E-state index >= 15 is 0 Å². The zero-order valence-electron chi connectivity index (χ0n) is 14.0. The maximum absolute atomic E-state index is 12.3. The summed E-state index contributed by atoms with van der Waals surface area (Å²) >= 11 is 0. The van der Waals surface area contributed by atoms with E-state index in [1.807, 2.05) is 24.3 Å². The SMILES string of the molecule is COCCOc1ccc(C(=O)/C=C\c2ccccc2OCC#N)cc1. The third-order valence-electron chi connectivity index (χ3n) is 3.32. The molecule has 0 aliphatic heterocycles. The van der Waals surface area contributed by atoms with E-state index in [4.69, 9.17) is 19.5 Å². The fourth-order valence-electron chi connectivity index (χ4n) is 2.08. The predicted octanol–water partition coefficient (Wildman–Crippen LogP) is 3.51. The Morgan fingerprint density at radius 1 is 1.08 bits per heavy atom. The molecule has 0 unspecified atom stereocenters. The van der Waals surface area contributed by atoms with Gasteiger partial charge in [-0.1, -0.05) is 18.2 Å². The molecule has 5 nitrogen and oxygen atoms in total. The predicted molar refractivity (Wildman–Crippen MR) is 94.7 cm³/mol. The second-order valence-corrected chi connectivity index (χ2v) is 5.05. The number of para-hydroxylation sites is 1. The van der Waals surface area contributed by atoms with Gasteiger partial charge in [-0.2, -0.15) is 5.26 Å².